The standard InChI is InChI=1S/C18H22BrNO5/c1-4-12(2)17(18(23)24-3)20-15(21)11-25-16(22)10-9-13-7-5-6-8-14(13)19/h5-10,12,17H,4,11H2,1-3H3,(H,20,21)/b10-9+/t12-,17+/m1/s1. The van der Waals surface area contributed by atoms with E-state index in [2.05, 4.69) is 26.0 Å². The molecule has 6 nitrogen and oxygen atoms in total. The molecule has 1 aromatic carbocycles. The third-order valence-corrected chi connectivity index (χ3v) is 4.36. The van der Waals surface area contributed by atoms with Crippen molar-refractivity contribution < 1.29 is 23.9 Å². The molecule has 0 spiro atoms. The molecule has 0 bridgehead atoms. The largest absolute Gasteiger partial charge is 0.467 e. The van der Waals surface area contributed by atoms with E-state index >= 15 is 0 Å². The molecule has 25 heavy (non-hydrogen) atoms. The fourth-order valence-corrected chi connectivity index (χ4v) is 2.38. The molecule has 0 aliphatic rings. The lowest BCUT2D eigenvalue weighted by atomic mass is 9.99. The normalized spacial score (nSPS) is 13.1. The molecule has 0 aliphatic heterocycles. The Bertz CT molecular complexity index is 644. The molecule has 1 amide bonds. The van der Waals surface area contributed by atoms with E-state index in [1.165, 1.54) is 13.2 Å². The van der Waals surface area contributed by atoms with Crippen LogP contribution < -0.4 is 5.32 Å². The fourth-order valence-electron chi connectivity index (χ4n) is 1.96. The fraction of sp³-hybridized carbons (Fsp3) is 0.389. The Morgan fingerprint density at radius 1 is 1.28 bits per heavy atom. The molecule has 0 saturated heterocycles. The summed E-state index contributed by atoms with van der Waals surface area (Å²) in [6, 6.07) is 6.61. The van der Waals surface area contributed by atoms with E-state index < -0.39 is 30.5 Å². The van der Waals surface area contributed by atoms with Crippen molar-refractivity contribution in [2.45, 2.75) is 26.3 Å². The number of amides is 1. The average molecular weight is 412 g/mol. The van der Waals surface area contributed by atoms with Crippen LogP contribution in [0.25, 0.3) is 6.08 Å². The van der Waals surface area contributed by atoms with Crippen molar-refractivity contribution >= 4 is 39.9 Å². The molecule has 2 atom stereocenters. The number of halogens is 1. The molecule has 1 N–H and O–H groups in total. The zero-order chi connectivity index (χ0) is 18.8. The highest BCUT2D eigenvalue weighted by Gasteiger charge is 2.26. The van der Waals surface area contributed by atoms with Crippen molar-refractivity contribution in [3.63, 3.8) is 0 Å². The molecule has 0 aliphatic carbocycles. The van der Waals surface area contributed by atoms with Gasteiger partial charge in [0.05, 0.1) is 7.11 Å². The minimum absolute atomic E-state index is 0.0950. The number of methoxy groups -OCH3 is 1. The maximum absolute atomic E-state index is 11.9. The number of ether oxygens (including phenoxy) is 2. The van der Waals surface area contributed by atoms with Crippen LogP contribution in [0.4, 0.5) is 0 Å². The van der Waals surface area contributed by atoms with Gasteiger partial charge >= 0.3 is 11.9 Å². The Morgan fingerprint density at radius 3 is 2.56 bits per heavy atom. The van der Waals surface area contributed by atoms with Crippen molar-refractivity contribution in [2.75, 3.05) is 13.7 Å². The summed E-state index contributed by atoms with van der Waals surface area (Å²) in [6.45, 7) is 3.26. The van der Waals surface area contributed by atoms with Gasteiger partial charge in [0.2, 0.25) is 0 Å². The molecule has 0 unspecified atom stereocenters. The highest BCUT2D eigenvalue weighted by molar-refractivity contribution is 9.10. The van der Waals surface area contributed by atoms with E-state index in [-0.39, 0.29) is 5.92 Å². The first-order valence-corrected chi connectivity index (χ1v) is 8.64. The lowest BCUT2D eigenvalue weighted by Crippen LogP contribution is -2.47. The Balaban J connectivity index is 2.53. The Kier molecular flexibility index (Phi) is 8.91. The van der Waals surface area contributed by atoms with Crippen LogP contribution in [0.15, 0.2) is 34.8 Å². The van der Waals surface area contributed by atoms with Crippen molar-refractivity contribution in [3.8, 4) is 0 Å². The second kappa shape index (κ2) is 10.7. The van der Waals surface area contributed by atoms with Crippen LogP contribution in [0.1, 0.15) is 25.8 Å². The van der Waals surface area contributed by atoms with E-state index in [0.717, 1.165) is 10.0 Å². The minimum Gasteiger partial charge on any atom is -0.467 e. The first-order chi connectivity index (χ1) is 11.9. The van der Waals surface area contributed by atoms with Crippen molar-refractivity contribution in [1.82, 2.24) is 5.32 Å². The predicted octanol–water partition coefficient (Wildman–Crippen LogP) is 2.71. The van der Waals surface area contributed by atoms with E-state index in [0.29, 0.717) is 6.42 Å². The maximum Gasteiger partial charge on any atom is 0.331 e. The van der Waals surface area contributed by atoms with Gasteiger partial charge < -0.3 is 14.8 Å². The molecule has 0 saturated carbocycles. The van der Waals surface area contributed by atoms with Crippen LogP contribution in [0.2, 0.25) is 0 Å². The van der Waals surface area contributed by atoms with E-state index in [4.69, 9.17) is 4.74 Å². The zero-order valence-electron chi connectivity index (χ0n) is 14.5. The summed E-state index contributed by atoms with van der Waals surface area (Å²) in [4.78, 5) is 35.3. The molecule has 0 radical (unpaired) electrons. The SMILES string of the molecule is CC[C@@H](C)[C@H](NC(=O)COC(=O)/C=C/c1ccccc1Br)C(=O)OC. The molecule has 0 heterocycles. The second-order valence-corrected chi connectivity index (χ2v) is 6.27. The number of rotatable bonds is 8. The van der Waals surface area contributed by atoms with Gasteiger partial charge in [0.15, 0.2) is 6.61 Å². The van der Waals surface area contributed by atoms with Gasteiger partial charge in [-0.2, -0.15) is 0 Å². The van der Waals surface area contributed by atoms with Gasteiger partial charge in [-0.05, 0) is 23.6 Å². The molecule has 0 fully saturated rings. The third kappa shape index (κ3) is 7.09. The first kappa shape index (κ1) is 20.9. The summed E-state index contributed by atoms with van der Waals surface area (Å²) in [5.74, 6) is -1.83. The van der Waals surface area contributed by atoms with Gasteiger partial charge in [-0.25, -0.2) is 9.59 Å². The topological polar surface area (TPSA) is 81.7 Å². The highest BCUT2D eigenvalue weighted by Crippen LogP contribution is 2.17. The number of benzene rings is 1. The summed E-state index contributed by atoms with van der Waals surface area (Å²) >= 11 is 3.37. The van der Waals surface area contributed by atoms with E-state index in [1.54, 1.807) is 6.08 Å². The Labute approximate surface area is 155 Å². The smallest absolute Gasteiger partial charge is 0.331 e. The van der Waals surface area contributed by atoms with Crippen molar-refractivity contribution in [1.29, 1.82) is 0 Å². The number of carbonyl (C=O) groups is 3. The van der Waals surface area contributed by atoms with Gasteiger partial charge in [-0.3, -0.25) is 4.79 Å². The van der Waals surface area contributed by atoms with Gasteiger partial charge in [-0.1, -0.05) is 54.4 Å². The summed E-state index contributed by atoms with van der Waals surface area (Å²) in [5.41, 5.74) is 0.812. The summed E-state index contributed by atoms with van der Waals surface area (Å²) in [6.07, 6.45) is 3.51. The molecule has 7 heteroatoms. The van der Waals surface area contributed by atoms with Crippen LogP contribution in [0.5, 0.6) is 0 Å². The number of hydrogen-bond acceptors (Lipinski definition) is 5. The van der Waals surface area contributed by atoms with Crippen LogP contribution >= 0.6 is 15.9 Å². The lowest BCUT2D eigenvalue weighted by Gasteiger charge is -2.21. The summed E-state index contributed by atoms with van der Waals surface area (Å²) in [5, 5.41) is 2.53. The Morgan fingerprint density at radius 2 is 1.96 bits per heavy atom. The van der Waals surface area contributed by atoms with Crippen LogP contribution in [-0.4, -0.2) is 37.6 Å². The maximum atomic E-state index is 11.9. The van der Waals surface area contributed by atoms with Gasteiger partial charge in [0.1, 0.15) is 6.04 Å². The van der Waals surface area contributed by atoms with Crippen LogP contribution in [0, 0.1) is 5.92 Å². The van der Waals surface area contributed by atoms with Crippen molar-refractivity contribution in [3.05, 3.63) is 40.4 Å². The van der Waals surface area contributed by atoms with Gasteiger partial charge in [0.25, 0.3) is 5.91 Å². The molecular formula is C18H22BrNO5. The molecule has 1 rings (SSSR count). The zero-order valence-corrected chi connectivity index (χ0v) is 16.0. The third-order valence-electron chi connectivity index (χ3n) is 3.63. The monoisotopic (exact) mass is 411 g/mol. The number of nitrogens with one attached hydrogen (secondary N) is 1. The molecular weight excluding hydrogens is 390 g/mol. The lowest BCUT2D eigenvalue weighted by molar-refractivity contribution is -0.148. The minimum atomic E-state index is -0.767. The highest BCUT2D eigenvalue weighted by atomic mass is 79.9. The number of hydrogen-bond donors (Lipinski definition) is 1. The number of esters is 2. The van der Waals surface area contributed by atoms with E-state index in [9.17, 15) is 14.4 Å². The van der Waals surface area contributed by atoms with Crippen LogP contribution in [0.3, 0.4) is 0 Å². The van der Waals surface area contributed by atoms with Crippen molar-refractivity contribution in [2.24, 2.45) is 5.92 Å². The second-order valence-electron chi connectivity index (χ2n) is 5.42. The molecule has 136 valence electrons. The molecule has 0 aromatic heterocycles. The average Bonchev–Trinajstić information content (AvgIpc) is 2.62. The summed E-state index contributed by atoms with van der Waals surface area (Å²) in [7, 11) is 1.26. The summed E-state index contributed by atoms with van der Waals surface area (Å²) < 4.78 is 10.4. The Hall–Kier alpha value is -2.15. The van der Waals surface area contributed by atoms with E-state index in [1.807, 2.05) is 38.1 Å². The quantitative estimate of drug-likeness (QED) is 0.525. The first-order valence-electron chi connectivity index (χ1n) is 7.85. The number of carbonyl (C=O) groups excluding carboxylic acids is 3. The predicted molar refractivity (Wildman–Crippen MR) is 97.5 cm³/mol. The van der Waals surface area contributed by atoms with Gasteiger partial charge in [-0.15, -0.1) is 0 Å². The van der Waals surface area contributed by atoms with Crippen LogP contribution in [-0.2, 0) is 23.9 Å². The van der Waals surface area contributed by atoms with Gasteiger partial charge in [0, 0.05) is 10.5 Å². The molecule has 1 aromatic rings.